The van der Waals surface area contributed by atoms with Crippen LogP contribution in [0.15, 0.2) is 27.8 Å². The van der Waals surface area contributed by atoms with Crippen LogP contribution in [0.4, 0.5) is 10.5 Å². The first-order valence-electron chi connectivity index (χ1n) is 5.89. The Kier molecular flexibility index (Phi) is 4.08. The van der Waals surface area contributed by atoms with Crippen LogP contribution in [-0.4, -0.2) is 27.5 Å². The summed E-state index contributed by atoms with van der Waals surface area (Å²) in [6, 6.07) is 3.53. The number of alkyl halides is 1. The van der Waals surface area contributed by atoms with Crippen LogP contribution in [0.5, 0.6) is 0 Å². The normalized spacial score (nSPS) is 11.9. The zero-order chi connectivity index (χ0) is 15.6. The van der Waals surface area contributed by atoms with E-state index in [0.29, 0.717) is 0 Å². The van der Waals surface area contributed by atoms with E-state index in [1.165, 1.54) is 25.1 Å². The minimum absolute atomic E-state index is 0.0165. The van der Waals surface area contributed by atoms with E-state index < -0.39 is 28.4 Å². The number of hydrogen-bond donors (Lipinski definition) is 4. The molecule has 110 valence electrons. The summed E-state index contributed by atoms with van der Waals surface area (Å²) in [6.07, 6.45) is 0. The summed E-state index contributed by atoms with van der Waals surface area (Å²) in [5.74, 6) is -0.679. The number of aromatic amines is 2. The van der Waals surface area contributed by atoms with Crippen molar-refractivity contribution in [2.75, 3.05) is 5.32 Å². The lowest BCUT2D eigenvalue weighted by Crippen LogP contribution is -2.38. The maximum atomic E-state index is 11.8. The van der Waals surface area contributed by atoms with Gasteiger partial charge in [0, 0.05) is 0 Å². The fourth-order valence-electron chi connectivity index (χ4n) is 1.70. The topological polar surface area (TPSA) is 124 Å². The predicted octanol–water partition coefficient (Wildman–Crippen LogP) is 0.492. The van der Waals surface area contributed by atoms with E-state index >= 15 is 0 Å². The molecule has 21 heavy (non-hydrogen) atoms. The highest BCUT2D eigenvalue weighted by Crippen LogP contribution is 2.16. The summed E-state index contributed by atoms with van der Waals surface area (Å²) in [4.78, 5) is 46.4. The lowest BCUT2D eigenvalue weighted by molar-refractivity contribution is -0.119. The molecule has 4 N–H and O–H groups in total. The number of anilines is 1. The first-order chi connectivity index (χ1) is 9.90. The fourth-order valence-corrected chi connectivity index (χ4v) is 1.75. The van der Waals surface area contributed by atoms with Gasteiger partial charge >= 0.3 is 6.03 Å². The summed E-state index contributed by atoms with van der Waals surface area (Å²) < 4.78 is 0. The number of fused-ring (bicyclic) bond motifs is 1. The van der Waals surface area contributed by atoms with Crippen LogP contribution < -0.4 is 21.8 Å². The Bertz CT molecular complexity index is 824. The van der Waals surface area contributed by atoms with E-state index in [2.05, 4.69) is 15.5 Å². The summed E-state index contributed by atoms with van der Waals surface area (Å²) in [5, 5.41) is 7.94. The Hall–Kier alpha value is -2.61. The highest BCUT2D eigenvalue weighted by Gasteiger charge is 2.15. The molecule has 1 atom stereocenters. The number of imide groups is 1. The molecule has 0 fully saturated rings. The quantitative estimate of drug-likeness (QED) is 0.603. The third-order valence-electron chi connectivity index (χ3n) is 2.67. The lowest BCUT2D eigenvalue weighted by Gasteiger charge is -2.09. The van der Waals surface area contributed by atoms with Crippen molar-refractivity contribution in [2.24, 2.45) is 0 Å². The highest BCUT2D eigenvalue weighted by molar-refractivity contribution is 6.31. The summed E-state index contributed by atoms with van der Waals surface area (Å²) >= 11 is 5.52. The summed E-state index contributed by atoms with van der Waals surface area (Å²) in [5.41, 5.74) is -0.968. The molecule has 1 aromatic carbocycles. The zero-order valence-corrected chi connectivity index (χ0v) is 11.6. The molecule has 0 aliphatic rings. The van der Waals surface area contributed by atoms with Gasteiger partial charge in [0.25, 0.3) is 11.1 Å². The number of carbonyl (C=O) groups excluding carboxylic acids is 2. The molecule has 3 amide bonds. The third kappa shape index (κ3) is 3.11. The van der Waals surface area contributed by atoms with Crippen LogP contribution in [0, 0.1) is 0 Å². The first-order valence-corrected chi connectivity index (χ1v) is 6.33. The molecule has 9 heteroatoms. The van der Waals surface area contributed by atoms with Gasteiger partial charge in [0.2, 0.25) is 5.91 Å². The Balaban J connectivity index is 2.38. The number of halogens is 1. The molecular weight excluding hydrogens is 300 g/mol. The molecule has 0 saturated heterocycles. The Morgan fingerprint density at radius 2 is 1.86 bits per heavy atom. The number of hydrogen-bond acceptors (Lipinski definition) is 4. The Labute approximate surface area is 122 Å². The molecule has 2 rings (SSSR count). The molecule has 1 aromatic heterocycles. The molecule has 0 saturated carbocycles. The van der Waals surface area contributed by atoms with Crippen molar-refractivity contribution in [1.82, 2.24) is 15.5 Å². The summed E-state index contributed by atoms with van der Waals surface area (Å²) in [7, 11) is 0. The van der Waals surface area contributed by atoms with Crippen LogP contribution in [0.1, 0.15) is 6.92 Å². The van der Waals surface area contributed by atoms with Gasteiger partial charge in [0.1, 0.15) is 5.38 Å². The number of urea groups is 1. The van der Waals surface area contributed by atoms with Crippen molar-refractivity contribution in [3.63, 3.8) is 0 Å². The van der Waals surface area contributed by atoms with Gasteiger partial charge in [0.15, 0.2) is 0 Å². The monoisotopic (exact) mass is 310 g/mol. The van der Waals surface area contributed by atoms with E-state index in [4.69, 9.17) is 11.6 Å². The second-order valence-electron chi connectivity index (χ2n) is 4.20. The van der Waals surface area contributed by atoms with Gasteiger partial charge in [-0.1, -0.05) is 6.07 Å². The Morgan fingerprint density at radius 3 is 2.52 bits per heavy atom. The molecule has 8 nitrogen and oxygen atoms in total. The van der Waals surface area contributed by atoms with Crippen molar-refractivity contribution >= 4 is 40.0 Å². The molecule has 0 spiro atoms. The van der Waals surface area contributed by atoms with E-state index in [0.717, 1.165) is 0 Å². The standard InChI is InChI=1S/C12H11ClN4O4/c1-5(13)9(18)15-12(21)14-7-4-2-3-6-8(7)11(20)17-16-10(6)19/h2-5H,1H3,(H,16,19)(H,17,20)(H2,14,15,18,21). The molecule has 0 aliphatic carbocycles. The molecular formula is C12H11ClN4O4. The van der Waals surface area contributed by atoms with Gasteiger partial charge in [0.05, 0.1) is 16.5 Å². The molecule has 1 unspecified atom stereocenters. The first kappa shape index (κ1) is 14.8. The van der Waals surface area contributed by atoms with E-state index in [1.807, 2.05) is 5.32 Å². The number of nitrogens with one attached hydrogen (secondary N) is 4. The van der Waals surface area contributed by atoms with Crippen molar-refractivity contribution in [3.8, 4) is 0 Å². The largest absolute Gasteiger partial charge is 0.325 e. The van der Waals surface area contributed by atoms with Gasteiger partial charge < -0.3 is 5.32 Å². The number of rotatable bonds is 2. The number of benzene rings is 1. The zero-order valence-electron chi connectivity index (χ0n) is 10.8. The molecule has 1 heterocycles. The third-order valence-corrected chi connectivity index (χ3v) is 2.87. The lowest BCUT2D eigenvalue weighted by atomic mass is 10.1. The van der Waals surface area contributed by atoms with E-state index in [1.54, 1.807) is 0 Å². The van der Waals surface area contributed by atoms with Crippen LogP contribution in [-0.2, 0) is 4.79 Å². The summed E-state index contributed by atoms with van der Waals surface area (Å²) in [6.45, 7) is 1.41. The van der Waals surface area contributed by atoms with E-state index in [9.17, 15) is 19.2 Å². The van der Waals surface area contributed by atoms with Gasteiger partial charge in [-0.05, 0) is 19.1 Å². The number of aromatic nitrogens is 2. The SMILES string of the molecule is CC(Cl)C(=O)NC(=O)Nc1cccc2c(=O)[nH][nH]c(=O)c12. The van der Waals surface area contributed by atoms with Gasteiger partial charge in [-0.3, -0.25) is 29.9 Å². The van der Waals surface area contributed by atoms with Crippen LogP contribution in [0.2, 0.25) is 0 Å². The van der Waals surface area contributed by atoms with Gasteiger partial charge in [-0.2, -0.15) is 0 Å². The molecule has 0 bridgehead atoms. The number of carbonyl (C=O) groups is 2. The average molecular weight is 311 g/mol. The fraction of sp³-hybridized carbons (Fsp3) is 0.167. The van der Waals surface area contributed by atoms with Gasteiger partial charge in [-0.25, -0.2) is 4.79 Å². The smallest absolute Gasteiger partial charge is 0.307 e. The molecule has 0 aliphatic heterocycles. The maximum Gasteiger partial charge on any atom is 0.325 e. The Morgan fingerprint density at radius 1 is 1.19 bits per heavy atom. The van der Waals surface area contributed by atoms with Crippen LogP contribution >= 0.6 is 11.6 Å². The molecule has 2 aromatic rings. The second-order valence-corrected chi connectivity index (χ2v) is 4.85. The number of amides is 3. The van der Waals surface area contributed by atoms with Crippen molar-refractivity contribution in [3.05, 3.63) is 38.9 Å². The van der Waals surface area contributed by atoms with Crippen LogP contribution in [0.3, 0.4) is 0 Å². The van der Waals surface area contributed by atoms with Crippen LogP contribution in [0.25, 0.3) is 10.8 Å². The van der Waals surface area contributed by atoms with Gasteiger partial charge in [-0.15, -0.1) is 11.6 Å². The molecule has 0 radical (unpaired) electrons. The van der Waals surface area contributed by atoms with Crippen molar-refractivity contribution in [1.29, 1.82) is 0 Å². The maximum absolute atomic E-state index is 11.8. The predicted molar refractivity (Wildman–Crippen MR) is 77.7 cm³/mol. The minimum Gasteiger partial charge on any atom is -0.307 e. The average Bonchev–Trinajstić information content (AvgIpc) is 2.42. The highest BCUT2D eigenvalue weighted by atomic mass is 35.5. The van der Waals surface area contributed by atoms with E-state index in [-0.39, 0.29) is 16.5 Å². The number of H-pyrrole nitrogens is 2. The van der Waals surface area contributed by atoms with Crippen molar-refractivity contribution in [2.45, 2.75) is 12.3 Å². The van der Waals surface area contributed by atoms with Crippen molar-refractivity contribution < 1.29 is 9.59 Å². The second kappa shape index (κ2) is 5.80. The minimum atomic E-state index is -0.880.